The third kappa shape index (κ3) is 2.82. The van der Waals surface area contributed by atoms with E-state index in [-0.39, 0.29) is 18.6 Å². The van der Waals surface area contributed by atoms with Gasteiger partial charge in [0.05, 0.1) is 18.3 Å². The van der Waals surface area contributed by atoms with Crippen LogP contribution in [0.3, 0.4) is 0 Å². The first kappa shape index (κ1) is 18.5. The summed E-state index contributed by atoms with van der Waals surface area (Å²) in [6.45, 7) is 9.38. The molecule has 1 heterocycles. The molecule has 0 unspecified atom stereocenters. The van der Waals surface area contributed by atoms with Crippen molar-refractivity contribution in [1.82, 2.24) is 0 Å². The number of furan rings is 1. The molecular weight excluding hydrogens is 328 g/mol. The van der Waals surface area contributed by atoms with Gasteiger partial charge in [-0.15, -0.1) is 0 Å². The van der Waals surface area contributed by atoms with E-state index in [0.717, 1.165) is 0 Å². The van der Waals surface area contributed by atoms with E-state index in [2.05, 4.69) is 0 Å². The minimum absolute atomic E-state index is 0.0449. The predicted molar refractivity (Wildman–Crippen MR) is 90.7 cm³/mol. The van der Waals surface area contributed by atoms with Gasteiger partial charge in [0.1, 0.15) is 14.0 Å². The van der Waals surface area contributed by atoms with Gasteiger partial charge in [0.25, 0.3) is 0 Å². The van der Waals surface area contributed by atoms with Crippen molar-refractivity contribution >= 4 is 25.2 Å². The van der Waals surface area contributed by atoms with Crippen LogP contribution in [0.15, 0.2) is 28.1 Å². The van der Waals surface area contributed by atoms with Crippen LogP contribution >= 0.6 is 0 Å². The van der Waals surface area contributed by atoms with Crippen LogP contribution in [0.2, 0.25) is 19.6 Å². The quantitative estimate of drug-likeness (QED) is 0.635. The number of aliphatic hydroxyl groups is 2. The lowest BCUT2D eigenvalue weighted by Gasteiger charge is -2.37. The molecule has 2 rings (SSSR count). The van der Waals surface area contributed by atoms with E-state index in [1.165, 1.54) is 12.3 Å². The summed E-state index contributed by atoms with van der Waals surface area (Å²) in [6, 6.07) is 1.51. The first-order valence-corrected chi connectivity index (χ1v) is 11.5. The highest BCUT2D eigenvalue weighted by Crippen LogP contribution is 2.42. The van der Waals surface area contributed by atoms with Crippen LogP contribution in [0.4, 0.5) is 0 Å². The summed E-state index contributed by atoms with van der Waals surface area (Å²) >= 11 is 0. The van der Waals surface area contributed by atoms with Crippen molar-refractivity contribution in [2.75, 3.05) is 6.61 Å². The monoisotopic (exact) mass is 352 g/mol. The van der Waals surface area contributed by atoms with E-state index in [1.807, 2.05) is 19.6 Å². The Morgan fingerprint density at radius 1 is 1.46 bits per heavy atom. The molecule has 0 saturated carbocycles. The molecule has 0 aliphatic heterocycles. The standard InChI is InChI=1S/C17H24O6Si/c1-6-22-15(20)12-9-10(2)13(18)14(19)17(12,21)11-7-8-23-16(11)24(3,4)5/h7-8,12,18,21H,6,9H2,1-5H3/t12-,17+/m0/s1. The van der Waals surface area contributed by atoms with Crippen LogP contribution in [0, 0.1) is 5.92 Å². The molecule has 0 aromatic carbocycles. The summed E-state index contributed by atoms with van der Waals surface area (Å²) in [5, 5.41) is 21.9. The van der Waals surface area contributed by atoms with E-state index in [1.54, 1.807) is 13.8 Å². The van der Waals surface area contributed by atoms with Crippen LogP contribution in [-0.4, -0.2) is 36.6 Å². The molecule has 2 atom stereocenters. The molecule has 0 spiro atoms. The lowest BCUT2D eigenvalue weighted by atomic mass is 9.71. The molecule has 2 N–H and O–H groups in total. The summed E-state index contributed by atoms with van der Waals surface area (Å²) in [6.07, 6.45) is 1.45. The number of ketones is 1. The molecular formula is C17H24O6Si. The van der Waals surface area contributed by atoms with Crippen molar-refractivity contribution in [3.8, 4) is 0 Å². The van der Waals surface area contributed by atoms with Crippen molar-refractivity contribution in [3.05, 3.63) is 29.2 Å². The first-order valence-electron chi connectivity index (χ1n) is 7.96. The van der Waals surface area contributed by atoms with Crippen molar-refractivity contribution < 1.29 is 29.0 Å². The Bertz CT molecular complexity index is 696. The average Bonchev–Trinajstić information content (AvgIpc) is 2.99. The molecule has 7 heteroatoms. The predicted octanol–water partition coefficient (Wildman–Crippen LogP) is 2.00. The molecule has 6 nitrogen and oxygen atoms in total. The van der Waals surface area contributed by atoms with Gasteiger partial charge in [-0.05, 0) is 31.9 Å². The van der Waals surface area contributed by atoms with Gasteiger partial charge >= 0.3 is 5.97 Å². The van der Waals surface area contributed by atoms with E-state index < -0.39 is 37.1 Å². The van der Waals surface area contributed by atoms with Crippen LogP contribution < -0.4 is 5.38 Å². The minimum Gasteiger partial charge on any atom is -0.504 e. The maximum Gasteiger partial charge on any atom is 0.313 e. The second kappa shape index (κ2) is 6.21. The van der Waals surface area contributed by atoms with E-state index in [4.69, 9.17) is 9.15 Å². The van der Waals surface area contributed by atoms with E-state index in [9.17, 15) is 19.8 Å². The van der Waals surface area contributed by atoms with Gasteiger partial charge in [-0.2, -0.15) is 0 Å². The molecule has 24 heavy (non-hydrogen) atoms. The Kier molecular flexibility index (Phi) is 4.78. The van der Waals surface area contributed by atoms with Gasteiger partial charge in [-0.1, -0.05) is 19.6 Å². The third-order valence-corrected chi connectivity index (χ3v) is 6.06. The molecule has 0 radical (unpaired) electrons. The summed E-state index contributed by atoms with van der Waals surface area (Å²) in [5.74, 6) is -3.16. The Morgan fingerprint density at radius 3 is 2.62 bits per heavy atom. The summed E-state index contributed by atoms with van der Waals surface area (Å²) in [4.78, 5) is 25.2. The number of hydrogen-bond donors (Lipinski definition) is 2. The Labute approximate surface area is 142 Å². The average molecular weight is 352 g/mol. The fourth-order valence-electron chi connectivity index (χ4n) is 3.08. The molecule has 1 aliphatic carbocycles. The second-order valence-corrected chi connectivity index (χ2v) is 12.1. The molecule has 1 aromatic rings. The number of ether oxygens (including phenoxy) is 1. The van der Waals surface area contributed by atoms with E-state index >= 15 is 0 Å². The Hall–Kier alpha value is -1.86. The lowest BCUT2D eigenvalue weighted by Crippen LogP contribution is -2.54. The fraction of sp³-hybridized carbons (Fsp3) is 0.529. The van der Waals surface area contributed by atoms with Crippen LogP contribution in [0.25, 0.3) is 0 Å². The Morgan fingerprint density at radius 2 is 2.08 bits per heavy atom. The minimum atomic E-state index is -2.18. The van der Waals surface area contributed by atoms with Crippen molar-refractivity contribution in [2.45, 2.75) is 45.5 Å². The Balaban J connectivity index is 2.67. The molecule has 1 aromatic heterocycles. The van der Waals surface area contributed by atoms with Crippen molar-refractivity contribution in [3.63, 3.8) is 0 Å². The van der Waals surface area contributed by atoms with E-state index in [0.29, 0.717) is 11.0 Å². The molecule has 0 bridgehead atoms. The van der Waals surface area contributed by atoms with Crippen molar-refractivity contribution in [1.29, 1.82) is 0 Å². The van der Waals surface area contributed by atoms with Gasteiger partial charge in [0, 0.05) is 5.56 Å². The normalized spacial score (nSPS) is 25.1. The second-order valence-electron chi connectivity index (χ2n) is 7.15. The summed E-state index contributed by atoms with van der Waals surface area (Å²) < 4.78 is 10.6. The molecule has 0 saturated heterocycles. The number of hydrogen-bond acceptors (Lipinski definition) is 6. The fourth-order valence-corrected chi connectivity index (χ4v) is 4.58. The summed E-state index contributed by atoms with van der Waals surface area (Å²) in [5.41, 5.74) is -1.57. The van der Waals surface area contributed by atoms with Crippen LogP contribution in [-0.2, 0) is 19.9 Å². The number of carbonyl (C=O) groups excluding carboxylic acids is 2. The number of Topliss-reactive ketones (excluding diaryl/α,β-unsaturated/α-hetero) is 1. The number of aliphatic hydroxyl groups excluding tert-OH is 1. The van der Waals surface area contributed by atoms with Crippen molar-refractivity contribution in [2.24, 2.45) is 5.92 Å². The van der Waals surface area contributed by atoms with Crippen LogP contribution in [0.1, 0.15) is 25.8 Å². The highest BCUT2D eigenvalue weighted by molar-refractivity contribution is 6.88. The maximum absolute atomic E-state index is 12.8. The van der Waals surface area contributed by atoms with Crippen LogP contribution in [0.5, 0.6) is 0 Å². The maximum atomic E-state index is 12.8. The topological polar surface area (TPSA) is 97.0 Å². The van der Waals surface area contributed by atoms with Gasteiger partial charge in [-0.25, -0.2) is 0 Å². The molecule has 0 fully saturated rings. The number of allylic oxidation sites excluding steroid dienone is 1. The van der Waals surface area contributed by atoms with Gasteiger partial charge in [-0.3, -0.25) is 9.59 Å². The number of esters is 1. The zero-order valence-electron chi connectivity index (χ0n) is 14.7. The van der Waals surface area contributed by atoms with Gasteiger partial charge in [0.15, 0.2) is 11.4 Å². The zero-order chi connectivity index (χ0) is 18.3. The first-order chi connectivity index (χ1) is 11.0. The van der Waals surface area contributed by atoms with Gasteiger partial charge in [0.2, 0.25) is 5.78 Å². The molecule has 132 valence electrons. The smallest absolute Gasteiger partial charge is 0.313 e. The third-order valence-electron chi connectivity index (χ3n) is 4.31. The lowest BCUT2D eigenvalue weighted by molar-refractivity contribution is -0.167. The molecule has 1 aliphatic rings. The zero-order valence-corrected chi connectivity index (χ0v) is 15.7. The van der Waals surface area contributed by atoms with Gasteiger partial charge < -0.3 is 19.4 Å². The highest BCUT2D eigenvalue weighted by Gasteiger charge is 2.56. The largest absolute Gasteiger partial charge is 0.504 e. The number of rotatable bonds is 4. The SMILES string of the molecule is CCOC(=O)[C@@H]1CC(C)=C(O)C(=O)[C@@]1(O)c1ccoc1[Si](C)(C)C. The summed E-state index contributed by atoms with van der Waals surface area (Å²) in [7, 11) is -2.04. The molecule has 0 amide bonds. The number of carbonyl (C=O) groups is 2. The highest BCUT2D eigenvalue weighted by atomic mass is 28.3.